The van der Waals surface area contributed by atoms with Crippen molar-refractivity contribution in [2.24, 2.45) is 10.7 Å². The van der Waals surface area contributed by atoms with Crippen LogP contribution in [-0.4, -0.2) is 17.7 Å². The number of aromatic nitrogens is 1. The topological polar surface area (TPSA) is 76.4 Å². The molecule has 0 atom stereocenters. The molecule has 1 aromatic heterocycles. The molecule has 0 unspecified atom stereocenters. The first kappa shape index (κ1) is 14.5. The summed E-state index contributed by atoms with van der Waals surface area (Å²) in [6, 6.07) is 0. The van der Waals surface area contributed by atoms with E-state index in [9.17, 15) is 0 Å². The van der Waals surface area contributed by atoms with E-state index in [0.29, 0.717) is 12.5 Å². The van der Waals surface area contributed by atoms with Gasteiger partial charge in [-0.1, -0.05) is 32.3 Å². The van der Waals surface area contributed by atoms with Crippen LogP contribution in [-0.2, 0) is 19.4 Å². The van der Waals surface area contributed by atoms with Crippen LogP contribution in [0.3, 0.4) is 0 Å². The van der Waals surface area contributed by atoms with Gasteiger partial charge in [-0.3, -0.25) is 0 Å². The summed E-state index contributed by atoms with van der Waals surface area (Å²) in [4.78, 5) is 4.34. The number of hydrogen-bond donors (Lipinski definition) is 2. The number of nitrogens with zero attached hydrogens (tertiary/aromatic N) is 2. The molecule has 0 aromatic carbocycles. The Labute approximate surface area is 109 Å². The van der Waals surface area contributed by atoms with Crippen molar-refractivity contribution in [2.45, 2.75) is 53.0 Å². The number of nitrogens with two attached hydrogens (primary N) is 1. The van der Waals surface area contributed by atoms with Gasteiger partial charge in [-0.15, -0.1) is 0 Å². The number of aliphatic imine (C=N–C) groups is 1. The van der Waals surface area contributed by atoms with Crippen molar-refractivity contribution in [3.63, 3.8) is 0 Å². The SMILES string of the molecule is CCCCNC(N)=NCc1c(CC)noc1CC. The molecule has 0 saturated carbocycles. The summed E-state index contributed by atoms with van der Waals surface area (Å²) >= 11 is 0. The number of nitrogens with one attached hydrogen (secondary N) is 1. The molecule has 0 bridgehead atoms. The molecule has 102 valence electrons. The molecule has 0 radical (unpaired) electrons. The predicted molar refractivity (Wildman–Crippen MR) is 73.5 cm³/mol. The molecule has 0 spiro atoms. The first-order chi connectivity index (χ1) is 8.72. The third-order valence-corrected chi connectivity index (χ3v) is 2.85. The average Bonchev–Trinajstić information content (AvgIpc) is 2.78. The Hall–Kier alpha value is -1.52. The van der Waals surface area contributed by atoms with Crippen LogP contribution >= 0.6 is 0 Å². The summed E-state index contributed by atoms with van der Waals surface area (Å²) in [5.74, 6) is 1.41. The van der Waals surface area contributed by atoms with Gasteiger partial charge in [0.15, 0.2) is 5.96 Å². The number of guanidine groups is 1. The highest BCUT2D eigenvalue weighted by Crippen LogP contribution is 2.16. The highest BCUT2D eigenvalue weighted by atomic mass is 16.5. The van der Waals surface area contributed by atoms with Gasteiger partial charge in [-0.25, -0.2) is 4.99 Å². The molecule has 0 aliphatic rings. The summed E-state index contributed by atoms with van der Waals surface area (Å²) in [7, 11) is 0. The third kappa shape index (κ3) is 4.05. The van der Waals surface area contributed by atoms with Crippen molar-refractivity contribution in [2.75, 3.05) is 6.54 Å². The standard InChI is InChI=1S/C13H24N4O/c1-4-7-8-15-13(14)16-9-10-11(5-2)17-18-12(10)6-3/h4-9H2,1-3H3,(H3,14,15,16). The maximum atomic E-state index is 5.80. The van der Waals surface area contributed by atoms with Crippen molar-refractivity contribution in [1.29, 1.82) is 0 Å². The van der Waals surface area contributed by atoms with Gasteiger partial charge in [-0.05, 0) is 12.8 Å². The van der Waals surface area contributed by atoms with Crippen LogP contribution in [0.2, 0.25) is 0 Å². The van der Waals surface area contributed by atoms with Crippen molar-refractivity contribution >= 4 is 5.96 Å². The molecule has 0 fully saturated rings. The smallest absolute Gasteiger partial charge is 0.188 e. The van der Waals surface area contributed by atoms with Gasteiger partial charge < -0.3 is 15.6 Å². The Kier molecular flexibility index (Phi) is 6.25. The Morgan fingerprint density at radius 2 is 2.11 bits per heavy atom. The van der Waals surface area contributed by atoms with Crippen LogP contribution in [0.4, 0.5) is 0 Å². The first-order valence-corrected chi connectivity index (χ1v) is 6.72. The van der Waals surface area contributed by atoms with Gasteiger partial charge in [-0.2, -0.15) is 0 Å². The fourth-order valence-corrected chi connectivity index (χ4v) is 1.73. The fraction of sp³-hybridized carbons (Fsp3) is 0.692. The molecule has 18 heavy (non-hydrogen) atoms. The number of unbranched alkanes of at least 4 members (excludes halogenated alkanes) is 1. The van der Waals surface area contributed by atoms with Crippen LogP contribution in [0.15, 0.2) is 9.52 Å². The number of aryl methyl sites for hydroxylation is 2. The van der Waals surface area contributed by atoms with Crippen LogP contribution in [0.25, 0.3) is 0 Å². The normalized spacial score (nSPS) is 11.8. The highest BCUT2D eigenvalue weighted by Gasteiger charge is 2.12. The van der Waals surface area contributed by atoms with Gasteiger partial charge >= 0.3 is 0 Å². The van der Waals surface area contributed by atoms with E-state index in [1.807, 2.05) is 0 Å². The molecule has 0 amide bonds. The molecule has 1 aromatic rings. The Balaban J connectivity index is 2.60. The predicted octanol–water partition coefficient (Wildman–Crippen LogP) is 2.00. The van der Waals surface area contributed by atoms with Crippen molar-refractivity contribution in [3.8, 4) is 0 Å². The van der Waals surface area contributed by atoms with Gasteiger partial charge in [0.05, 0.1) is 12.2 Å². The molecule has 5 heteroatoms. The minimum absolute atomic E-state index is 0.494. The van der Waals surface area contributed by atoms with Crippen molar-refractivity contribution < 1.29 is 4.52 Å². The van der Waals surface area contributed by atoms with Gasteiger partial charge in [0.25, 0.3) is 0 Å². The summed E-state index contributed by atoms with van der Waals surface area (Å²) < 4.78 is 5.29. The van der Waals surface area contributed by atoms with Crippen LogP contribution in [0.1, 0.15) is 50.6 Å². The van der Waals surface area contributed by atoms with E-state index >= 15 is 0 Å². The Bertz CT molecular complexity index is 363. The molecule has 0 aliphatic heterocycles. The van der Waals surface area contributed by atoms with E-state index in [4.69, 9.17) is 10.3 Å². The molecular weight excluding hydrogens is 228 g/mol. The van der Waals surface area contributed by atoms with Crippen LogP contribution in [0.5, 0.6) is 0 Å². The highest BCUT2D eigenvalue weighted by molar-refractivity contribution is 5.77. The lowest BCUT2D eigenvalue weighted by atomic mass is 10.1. The van der Waals surface area contributed by atoms with Crippen molar-refractivity contribution in [1.82, 2.24) is 10.5 Å². The molecule has 1 rings (SSSR count). The lowest BCUT2D eigenvalue weighted by molar-refractivity contribution is 0.380. The largest absolute Gasteiger partial charge is 0.370 e. The van der Waals surface area contributed by atoms with E-state index in [1.165, 1.54) is 0 Å². The van der Waals surface area contributed by atoms with Gasteiger partial charge in [0.1, 0.15) is 5.76 Å². The molecule has 5 nitrogen and oxygen atoms in total. The molecule has 0 saturated heterocycles. The second kappa shape index (κ2) is 7.74. The van der Waals surface area contributed by atoms with Crippen LogP contribution in [0, 0.1) is 0 Å². The minimum Gasteiger partial charge on any atom is -0.370 e. The van der Waals surface area contributed by atoms with Crippen LogP contribution < -0.4 is 11.1 Å². The summed E-state index contributed by atoms with van der Waals surface area (Å²) in [6.45, 7) is 7.67. The molecular formula is C13H24N4O. The summed E-state index contributed by atoms with van der Waals surface area (Å²) in [5, 5.41) is 7.15. The van der Waals surface area contributed by atoms with E-state index in [-0.39, 0.29) is 0 Å². The quantitative estimate of drug-likeness (QED) is 0.442. The Morgan fingerprint density at radius 3 is 2.72 bits per heavy atom. The molecule has 0 aliphatic carbocycles. The zero-order valence-electron chi connectivity index (χ0n) is 11.6. The van der Waals surface area contributed by atoms with E-state index < -0.39 is 0 Å². The van der Waals surface area contributed by atoms with Crippen molar-refractivity contribution in [3.05, 3.63) is 17.0 Å². The second-order valence-corrected chi connectivity index (χ2v) is 4.22. The number of hydrogen-bond acceptors (Lipinski definition) is 3. The van der Waals surface area contributed by atoms with E-state index in [1.54, 1.807) is 0 Å². The van der Waals surface area contributed by atoms with Gasteiger partial charge in [0, 0.05) is 18.5 Å². The third-order valence-electron chi connectivity index (χ3n) is 2.85. The molecule has 1 heterocycles. The fourth-order valence-electron chi connectivity index (χ4n) is 1.73. The summed E-state index contributed by atoms with van der Waals surface area (Å²) in [5.41, 5.74) is 7.87. The maximum absolute atomic E-state index is 5.80. The second-order valence-electron chi connectivity index (χ2n) is 4.22. The monoisotopic (exact) mass is 252 g/mol. The zero-order valence-corrected chi connectivity index (χ0v) is 11.6. The van der Waals surface area contributed by atoms with E-state index in [2.05, 4.69) is 36.2 Å². The average molecular weight is 252 g/mol. The zero-order chi connectivity index (χ0) is 13.4. The maximum Gasteiger partial charge on any atom is 0.188 e. The summed E-state index contributed by atoms with van der Waals surface area (Å²) in [6.07, 6.45) is 3.94. The minimum atomic E-state index is 0.494. The lowest BCUT2D eigenvalue weighted by Gasteiger charge is -2.04. The lowest BCUT2D eigenvalue weighted by Crippen LogP contribution is -2.32. The Morgan fingerprint density at radius 1 is 1.33 bits per heavy atom. The van der Waals surface area contributed by atoms with E-state index in [0.717, 1.165) is 49.2 Å². The number of rotatable bonds is 7. The first-order valence-electron chi connectivity index (χ1n) is 6.72. The van der Waals surface area contributed by atoms with Gasteiger partial charge in [0.2, 0.25) is 0 Å². The molecule has 3 N–H and O–H groups in total.